The van der Waals surface area contributed by atoms with Crippen LogP contribution in [0.25, 0.3) is 0 Å². The topological polar surface area (TPSA) is 38.5 Å². The molecule has 2 atom stereocenters. The van der Waals surface area contributed by atoms with E-state index in [1.807, 2.05) is 11.8 Å². The number of nitrogens with two attached hydrogens (primary N) is 1. The lowest BCUT2D eigenvalue weighted by atomic mass is 9.89. The molecular formula is C11H20N2OS2. The van der Waals surface area contributed by atoms with Crippen molar-refractivity contribution in [3.63, 3.8) is 0 Å². The van der Waals surface area contributed by atoms with Gasteiger partial charge in [-0.3, -0.25) is 4.90 Å². The van der Waals surface area contributed by atoms with Gasteiger partial charge in [0.05, 0.1) is 10.6 Å². The van der Waals surface area contributed by atoms with Gasteiger partial charge >= 0.3 is 0 Å². The lowest BCUT2D eigenvalue weighted by molar-refractivity contribution is -0.0847. The molecule has 3 nitrogen and oxygen atoms in total. The molecule has 0 aliphatic carbocycles. The van der Waals surface area contributed by atoms with E-state index >= 15 is 0 Å². The van der Waals surface area contributed by atoms with Crippen LogP contribution in [0.4, 0.5) is 0 Å². The Hall–Kier alpha value is 0.160. The third-order valence-electron chi connectivity index (χ3n) is 3.56. The molecule has 92 valence electrons. The number of nitrogens with zero attached hydrogens (tertiary/aromatic N) is 1. The second kappa shape index (κ2) is 5.21. The van der Waals surface area contributed by atoms with Gasteiger partial charge in [-0.2, -0.15) is 11.8 Å². The highest BCUT2D eigenvalue weighted by molar-refractivity contribution is 7.99. The lowest BCUT2D eigenvalue weighted by Crippen LogP contribution is -2.49. The molecule has 0 bridgehead atoms. The van der Waals surface area contributed by atoms with Crippen LogP contribution in [0, 0.1) is 0 Å². The van der Waals surface area contributed by atoms with Gasteiger partial charge in [0.15, 0.2) is 0 Å². The second-order valence-electron chi connectivity index (χ2n) is 4.86. The minimum absolute atomic E-state index is 0.151. The molecule has 0 aromatic rings. The van der Waals surface area contributed by atoms with E-state index in [0.29, 0.717) is 11.0 Å². The Bertz CT molecular complexity index is 267. The first-order valence-electron chi connectivity index (χ1n) is 5.82. The van der Waals surface area contributed by atoms with Crippen LogP contribution >= 0.6 is 24.0 Å². The summed E-state index contributed by atoms with van der Waals surface area (Å²) >= 11 is 6.98. The van der Waals surface area contributed by atoms with Crippen molar-refractivity contribution in [2.75, 3.05) is 31.7 Å². The van der Waals surface area contributed by atoms with Crippen LogP contribution in [-0.2, 0) is 4.74 Å². The summed E-state index contributed by atoms with van der Waals surface area (Å²) in [7, 11) is 2.12. The molecule has 0 radical (unpaired) electrons. The fraction of sp³-hybridized carbons (Fsp3) is 0.909. The number of thioether (sulfide) groups is 1. The molecule has 5 heteroatoms. The van der Waals surface area contributed by atoms with E-state index < -0.39 is 0 Å². The fourth-order valence-corrected chi connectivity index (χ4v) is 4.20. The van der Waals surface area contributed by atoms with Crippen LogP contribution in [0.15, 0.2) is 0 Å². The van der Waals surface area contributed by atoms with Crippen molar-refractivity contribution >= 4 is 29.0 Å². The molecule has 2 heterocycles. The quantitative estimate of drug-likeness (QED) is 0.774. The van der Waals surface area contributed by atoms with Crippen LogP contribution in [0.5, 0.6) is 0 Å². The van der Waals surface area contributed by atoms with Gasteiger partial charge in [-0.05, 0) is 32.1 Å². The zero-order valence-corrected chi connectivity index (χ0v) is 11.4. The van der Waals surface area contributed by atoms with Crippen molar-refractivity contribution in [2.45, 2.75) is 30.9 Å². The Labute approximate surface area is 107 Å². The van der Waals surface area contributed by atoms with E-state index in [9.17, 15) is 0 Å². The van der Waals surface area contributed by atoms with Gasteiger partial charge in [0.1, 0.15) is 0 Å². The predicted octanol–water partition coefficient (Wildman–Crippen LogP) is 1.26. The van der Waals surface area contributed by atoms with Gasteiger partial charge in [-0.1, -0.05) is 12.2 Å². The number of hydrogen-bond donors (Lipinski definition) is 1. The molecule has 2 rings (SSSR count). The second-order valence-corrected chi connectivity index (χ2v) is 6.49. The highest BCUT2D eigenvalue weighted by atomic mass is 32.2. The summed E-state index contributed by atoms with van der Waals surface area (Å²) < 4.78 is 6.00. The van der Waals surface area contributed by atoms with Gasteiger partial charge in [0, 0.05) is 24.9 Å². The molecule has 2 fully saturated rings. The van der Waals surface area contributed by atoms with Crippen LogP contribution in [0.2, 0.25) is 0 Å². The summed E-state index contributed by atoms with van der Waals surface area (Å²) in [6.07, 6.45) is 3.44. The zero-order valence-electron chi connectivity index (χ0n) is 9.78. The van der Waals surface area contributed by atoms with Gasteiger partial charge < -0.3 is 10.5 Å². The molecule has 2 N–H and O–H groups in total. The minimum atomic E-state index is 0.151. The normalized spacial score (nSPS) is 34.8. The Morgan fingerprint density at radius 3 is 3.12 bits per heavy atom. The first kappa shape index (κ1) is 12.6. The molecule has 2 aliphatic rings. The Balaban J connectivity index is 1.93. The van der Waals surface area contributed by atoms with E-state index in [1.165, 1.54) is 12.2 Å². The zero-order chi connectivity index (χ0) is 11.6. The number of thiocarbonyl (C=S) groups is 1. The smallest absolute Gasteiger partial charge is 0.0870 e. The van der Waals surface area contributed by atoms with Crippen molar-refractivity contribution in [3.8, 4) is 0 Å². The van der Waals surface area contributed by atoms with Crippen LogP contribution in [0.1, 0.15) is 19.3 Å². The van der Waals surface area contributed by atoms with E-state index in [0.717, 1.165) is 31.7 Å². The molecule has 0 saturated carbocycles. The SMILES string of the molecule is CN(CC(N)=S)C1CCOC2(CCSC2)C1. The molecule has 2 aliphatic heterocycles. The Morgan fingerprint density at radius 1 is 1.69 bits per heavy atom. The monoisotopic (exact) mass is 260 g/mol. The maximum Gasteiger partial charge on any atom is 0.0870 e. The summed E-state index contributed by atoms with van der Waals surface area (Å²) in [5, 5.41) is 0. The number of ether oxygens (including phenoxy) is 1. The molecule has 0 aromatic heterocycles. The third kappa shape index (κ3) is 2.88. The fourth-order valence-electron chi connectivity index (χ4n) is 2.62. The van der Waals surface area contributed by atoms with Crippen LogP contribution < -0.4 is 5.73 Å². The molecular weight excluding hydrogens is 240 g/mol. The molecule has 0 aromatic carbocycles. The lowest BCUT2D eigenvalue weighted by Gasteiger charge is -2.41. The summed E-state index contributed by atoms with van der Waals surface area (Å²) in [6.45, 7) is 1.61. The maximum absolute atomic E-state index is 6.00. The van der Waals surface area contributed by atoms with Crippen molar-refractivity contribution in [1.82, 2.24) is 4.90 Å². The number of hydrogen-bond acceptors (Lipinski definition) is 4. The standard InChI is InChI=1S/C11H20N2OS2/c1-13(7-10(12)15)9-2-4-14-11(6-9)3-5-16-8-11/h9H,2-8H2,1H3,(H2,12,15). The Morgan fingerprint density at radius 2 is 2.50 bits per heavy atom. The van der Waals surface area contributed by atoms with Crippen LogP contribution in [-0.4, -0.2) is 53.2 Å². The van der Waals surface area contributed by atoms with Crippen molar-refractivity contribution < 1.29 is 4.74 Å². The molecule has 16 heavy (non-hydrogen) atoms. The summed E-state index contributed by atoms with van der Waals surface area (Å²) in [5.74, 6) is 2.40. The van der Waals surface area contributed by atoms with Gasteiger partial charge in [0.2, 0.25) is 0 Å². The highest BCUT2D eigenvalue weighted by Crippen LogP contribution is 2.39. The van der Waals surface area contributed by atoms with Gasteiger partial charge in [-0.25, -0.2) is 0 Å². The van der Waals surface area contributed by atoms with E-state index in [2.05, 4.69) is 11.9 Å². The predicted molar refractivity (Wildman–Crippen MR) is 73.1 cm³/mol. The summed E-state index contributed by atoms with van der Waals surface area (Å²) in [6, 6.07) is 0.578. The number of rotatable bonds is 3. The summed E-state index contributed by atoms with van der Waals surface area (Å²) in [4.78, 5) is 2.87. The van der Waals surface area contributed by atoms with Gasteiger partial charge in [-0.15, -0.1) is 0 Å². The first-order chi connectivity index (χ1) is 7.61. The Kier molecular flexibility index (Phi) is 4.11. The minimum Gasteiger partial charge on any atom is -0.392 e. The molecule has 1 spiro atoms. The average Bonchev–Trinajstić information content (AvgIpc) is 2.65. The van der Waals surface area contributed by atoms with E-state index in [1.54, 1.807) is 0 Å². The summed E-state index contributed by atoms with van der Waals surface area (Å²) in [5.41, 5.74) is 5.75. The van der Waals surface area contributed by atoms with Gasteiger partial charge in [0.25, 0.3) is 0 Å². The van der Waals surface area contributed by atoms with Crippen LogP contribution in [0.3, 0.4) is 0 Å². The number of likely N-dealkylation sites (N-methyl/N-ethyl adjacent to an activating group) is 1. The van der Waals surface area contributed by atoms with E-state index in [-0.39, 0.29) is 5.60 Å². The largest absolute Gasteiger partial charge is 0.392 e. The first-order valence-corrected chi connectivity index (χ1v) is 7.38. The maximum atomic E-state index is 6.00. The average molecular weight is 260 g/mol. The van der Waals surface area contributed by atoms with Crippen molar-refractivity contribution in [2.24, 2.45) is 5.73 Å². The molecule has 2 unspecified atom stereocenters. The highest BCUT2D eigenvalue weighted by Gasteiger charge is 2.41. The molecule has 0 amide bonds. The molecule has 2 saturated heterocycles. The van der Waals surface area contributed by atoms with E-state index in [4.69, 9.17) is 22.7 Å². The van der Waals surface area contributed by atoms with Crippen molar-refractivity contribution in [3.05, 3.63) is 0 Å². The third-order valence-corrected chi connectivity index (χ3v) is 4.91. The van der Waals surface area contributed by atoms with Crippen molar-refractivity contribution in [1.29, 1.82) is 0 Å².